The topological polar surface area (TPSA) is 88.7 Å². The van der Waals surface area contributed by atoms with Crippen molar-refractivity contribution in [1.29, 1.82) is 0 Å². The Morgan fingerprint density at radius 1 is 0.903 bits per heavy atom. The van der Waals surface area contributed by atoms with Gasteiger partial charge in [0.15, 0.2) is 5.11 Å². The maximum Gasteiger partial charge on any atom is 0.261 e. The smallest absolute Gasteiger partial charge is 0.261 e. The first-order valence-corrected chi connectivity index (χ1v) is 11.4. The van der Waals surface area contributed by atoms with Crippen molar-refractivity contribution >= 4 is 44.4 Å². The summed E-state index contributed by atoms with van der Waals surface area (Å²) in [7, 11) is -2.14. The van der Waals surface area contributed by atoms with Crippen LogP contribution in [0.3, 0.4) is 0 Å². The summed E-state index contributed by atoms with van der Waals surface area (Å²) >= 11 is 5.33. The average Bonchev–Trinajstić information content (AvgIpc) is 2.76. The van der Waals surface area contributed by atoms with Crippen LogP contribution in [0, 0.1) is 0 Å². The Morgan fingerprint density at radius 3 is 2.19 bits per heavy atom. The summed E-state index contributed by atoms with van der Waals surface area (Å²) in [6.45, 7) is 2.43. The number of methoxy groups -OCH3 is 1. The maximum absolute atomic E-state index is 12.6. The van der Waals surface area contributed by atoms with Crippen LogP contribution < -0.4 is 24.8 Å². The number of nitrogens with one attached hydrogen (secondary N) is 3. The third-order valence-electron chi connectivity index (χ3n) is 4.20. The van der Waals surface area contributed by atoms with E-state index in [4.69, 9.17) is 21.7 Å². The van der Waals surface area contributed by atoms with Crippen molar-refractivity contribution in [2.24, 2.45) is 0 Å². The van der Waals surface area contributed by atoms with Crippen LogP contribution in [0.4, 0.5) is 17.1 Å². The number of hydrogen-bond acceptors (Lipinski definition) is 5. The van der Waals surface area contributed by atoms with Crippen molar-refractivity contribution in [2.75, 3.05) is 29.1 Å². The molecule has 162 valence electrons. The predicted molar refractivity (Wildman–Crippen MR) is 128 cm³/mol. The van der Waals surface area contributed by atoms with Crippen molar-refractivity contribution in [3.63, 3.8) is 0 Å². The molecule has 0 heterocycles. The molecule has 0 radical (unpaired) electrons. The summed E-state index contributed by atoms with van der Waals surface area (Å²) in [5, 5.41) is 6.43. The molecule has 9 heteroatoms. The molecular formula is C22H23N3O4S2. The van der Waals surface area contributed by atoms with Gasteiger partial charge in [-0.25, -0.2) is 8.42 Å². The predicted octanol–water partition coefficient (Wildman–Crippen LogP) is 4.70. The number of rotatable bonds is 8. The van der Waals surface area contributed by atoms with Crippen LogP contribution in [0.5, 0.6) is 11.5 Å². The molecule has 0 aliphatic carbocycles. The molecule has 3 aromatic carbocycles. The van der Waals surface area contributed by atoms with Gasteiger partial charge in [0, 0.05) is 11.4 Å². The second-order valence-electron chi connectivity index (χ2n) is 6.37. The molecule has 0 aliphatic rings. The van der Waals surface area contributed by atoms with E-state index in [9.17, 15) is 8.42 Å². The van der Waals surface area contributed by atoms with Crippen LogP contribution >= 0.6 is 12.2 Å². The van der Waals surface area contributed by atoms with Gasteiger partial charge >= 0.3 is 0 Å². The van der Waals surface area contributed by atoms with Crippen molar-refractivity contribution in [3.8, 4) is 11.5 Å². The van der Waals surface area contributed by atoms with Crippen LogP contribution in [0.15, 0.2) is 77.7 Å². The Hall–Kier alpha value is -3.30. The van der Waals surface area contributed by atoms with Gasteiger partial charge < -0.3 is 20.1 Å². The van der Waals surface area contributed by atoms with Crippen molar-refractivity contribution in [2.45, 2.75) is 11.8 Å². The lowest BCUT2D eigenvalue weighted by Gasteiger charge is -2.14. The molecule has 0 unspecified atom stereocenters. The zero-order chi connectivity index (χ0) is 22.3. The minimum absolute atomic E-state index is 0.135. The van der Waals surface area contributed by atoms with Crippen LogP contribution in [0.2, 0.25) is 0 Å². The third kappa shape index (κ3) is 6.09. The van der Waals surface area contributed by atoms with Crippen LogP contribution in [0.25, 0.3) is 0 Å². The number of ether oxygens (including phenoxy) is 2. The highest BCUT2D eigenvalue weighted by Crippen LogP contribution is 2.24. The van der Waals surface area contributed by atoms with Gasteiger partial charge in [-0.3, -0.25) is 4.72 Å². The van der Waals surface area contributed by atoms with Gasteiger partial charge in [-0.1, -0.05) is 12.1 Å². The standard InChI is InChI=1S/C22H23N3O4S2/c1-3-29-18-12-8-17(9-13-18)25-31(26,27)19-14-10-16(11-15-19)23-22(30)24-20-6-4-5-7-21(20)28-2/h4-15,25H,3H2,1-2H3,(H2,23,24,30). The van der Waals surface area contributed by atoms with E-state index >= 15 is 0 Å². The lowest BCUT2D eigenvalue weighted by Crippen LogP contribution is -2.19. The molecule has 0 aliphatic heterocycles. The fraction of sp³-hybridized carbons (Fsp3) is 0.136. The molecule has 31 heavy (non-hydrogen) atoms. The summed E-state index contributed by atoms with van der Waals surface area (Å²) in [5.41, 5.74) is 1.82. The van der Waals surface area contributed by atoms with Crippen molar-refractivity contribution in [3.05, 3.63) is 72.8 Å². The van der Waals surface area contributed by atoms with E-state index in [1.54, 1.807) is 43.5 Å². The Balaban J connectivity index is 1.64. The summed E-state index contributed by atoms with van der Waals surface area (Å²) in [6, 6.07) is 20.4. The molecule has 0 saturated carbocycles. The first kappa shape index (κ1) is 22.4. The van der Waals surface area contributed by atoms with Gasteiger partial charge in [-0.15, -0.1) is 0 Å². The highest BCUT2D eigenvalue weighted by Gasteiger charge is 2.14. The van der Waals surface area contributed by atoms with Gasteiger partial charge in [0.05, 0.1) is 24.3 Å². The zero-order valence-electron chi connectivity index (χ0n) is 17.1. The van der Waals surface area contributed by atoms with Gasteiger partial charge in [-0.2, -0.15) is 0 Å². The van der Waals surface area contributed by atoms with E-state index in [1.165, 1.54) is 12.1 Å². The summed E-state index contributed by atoms with van der Waals surface area (Å²) in [5.74, 6) is 1.34. The van der Waals surface area contributed by atoms with Gasteiger partial charge in [0.2, 0.25) is 0 Å². The summed E-state index contributed by atoms with van der Waals surface area (Å²) < 4.78 is 38.5. The van der Waals surface area contributed by atoms with Crippen LogP contribution in [-0.4, -0.2) is 27.2 Å². The molecule has 0 fully saturated rings. The minimum Gasteiger partial charge on any atom is -0.495 e. The maximum atomic E-state index is 12.6. The Bertz CT molecular complexity index is 1130. The summed E-state index contributed by atoms with van der Waals surface area (Å²) in [4.78, 5) is 0.135. The Morgan fingerprint density at radius 2 is 1.55 bits per heavy atom. The largest absolute Gasteiger partial charge is 0.495 e. The van der Waals surface area contributed by atoms with Gasteiger partial charge in [-0.05, 0) is 79.8 Å². The van der Waals surface area contributed by atoms with E-state index in [-0.39, 0.29) is 4.90 Å². The highest BCUT2D eigenvalue weighted by molar-refractivity contribution is 7.92. The number of benzene rings is 3. The quantitative estimate of drug-likeness (QED) is 0.422. The fourth-order valence-electron chi connectivity index (χ4n) is 2.75. The third-order valence-corrected chi connectivity index (χ3v) is 5.80. The molecule has 0 saturated heterocycles. The highest BCUT2D eigenvalue weighted by atomic mass is 32.2. The molecule has 0 aromatic heterocycles. The van der Waals surface area contributed by atoms with E-state index in [0.29, 0.717) is 34.6 Å². The van der Waals surface area contributed by atoms with Crippen LogP contribution in [0.1, 0.15) is 6.92 Å². The van der Waals surface area contributed by atoms with E-state index in [0.717, 1.165) is 5.69 Å². The number of anilines is 3. The lowest BCUT2D eigenvalue weighted by molar-refractivity contribution is 0.340. The minimum atomic E-state index is -3.72. The molecule has 3 aromatic rings. The Labute approximate surface area is 187 Å². The van der Waals surface area contributed by atoms with E-state index in [1.807, 2.05) is 31.2 Å². The number of hydrogen-bond donors (Lipinski definition) is 3. The number of para-hydroxylation sites is 2. The molecule has 7 nitrogen and oxygen atoms in total. The molecule has 0 bridgehead atoms. The summed E-state index contributed by atoms with van der Waals surface area (Å²) in [6.07, 6.45) is 0. The van der Waals surface area contributed by atoms with E-state index < -0.39 is 10.0 Å². The Kier molecular flexibility index (Phi) is 7.32. The number of sulfonamides is 1. The fourth-order valence-corrected chi connectivity index (χ4v) is 4.04. The molecule has 0 atom stereocenters. The van der Waals surface area contributed by atoms with Gasteiger partial charge in [0.1, 0.15) is 11.5 Å². The molecule has 3 N–H and O–H groups in total. The molecular weight excluding hydrogens is 434 g/mol. The monoisotopic (exact) mass is 457 g/mol. The normalized spacial score (nSPS) is 10.8. The SMILES string of the molecule is CCOc1ccc(NS(=O)(=O)c2ccc(NC(=S)Nc3ccccc3OC)cc2)cc1. The second kappa shape index (κ2) is 10.1. The molecule has 0 amide bonds. The average molecular weight is 458 g/mol. The second-order valence-corrected chi connectivity index (χ2v) is 8.46. The molecule has 3 rings (SSSR count). The van der Waals surface area contributed by atoms with E-state index in [2.05, 4.69) is 15.4 Å². The van der Waals surface area contributed by atoms with Crippen LogP contribution in [-0.2, 0) is 10.0 Å². The lowest BCUT2D eigenvalue weighted by atomic mass is 10.3. The van der Waals surface area contributed by atoms with Gasteiger partial charge in [0.25, 0.3) is 10.0 Å². The zero-order valence-corrected chi connectivity index (χ0v) is 18.7. The first-order valence-electron chi connectivity index (χ1n) is 9.48. The first-order chi connectivity index (χ1) is 14.9. The molecule has 0 spiro atoms. The number of thiocarbonyl (C=S) groups is 1. The van der Waals surface area contributed by atoms with Crippen molar-refractivity contribution in [1.82, 2.24) is 0 Å². The van der Waals surface area contributed by atoms with Crippen molar-refractivity contribution < 1.29 is 17.9 Å².